The molecule has 0 fully saturated rings. The van der Waals surface area contributed by atoms with Crippen LogP contribution in [0.3, 0.4) is 0 Å². The molecule has 0 aromatic carbocycles. The predicted octanol–water partition coefficient (Wildman–Crippen LogP) is 3.14. The van der Waals surface area contributed by atoms with Crippen LogP contribution in [0.2, 0.25) is 0 Å². The van der Waals surface area contributed by atoms with Crippen molar-refractivity contribution in [3.63, 3.8) is 0 Å². The number of aliphatic hydroxyl groups is 1. The van der Waals surface area contributed by atoms with E-state index < -0.39 is 11.9 Å². The lowest BCUT2D eigenvalue weighted by Crippen LogP contribution is -2.31. The largest absolute Gasteiger partial charge is 0.503 e. The maximum absolute atomic E-state index is 12.2. The number of hydrogen-bond donors (Lipinski definition) is 1. The monoisotopic (exact) mass is 293 g/mol. The highest BCUT2D eigenvalue weighted by molar-refractivity contribution is 7.10. The smallest absolute Gasteiger partial charge is 0.290 e. The van der Waals surface area contributed by atoms with Gasteiger partial charge in [0.25, 0.3) is 5.91 Å². The first-order valence-electron chi connectivity index (χ1n) is 6.84. The lowest BCUT2D eigenvalue weighted by molar-refractivity contribution is -0.129. The summed E-state index contributed by atoms with van der Waals surface area (Å²) in [5.74, 6) is -0.961. The molecule has 4 nitrogen and oxygen atoms in total. The molecule has 1 aromatic heterocycles. The van der Waals surface area contributed by atoms with Crippen molar-refractivity contribution in [1.29, 1.82) is 0 Å². The SMILES string of the molecule is CCCN1C(=O)C(O)=C(C(=O)CC)C1c1sccc1C. The summed E-state index contributed by atoms with van der Waals surface area (Å²) in [5, 5.41) is 12.0. The standard InChI is InChI=1S/C15H19NO3S/c1-4-7-16-12(14-9(3)6-8-20-14)11(10(17)5-2)13(18)15(16)19/h6,8,12,18H,4-5,7H2,1-3H3. The Morgan fingerprint density at radius 2 is 2.15 bits per heavy atom. The fourth-order valence-electron chi connectivity index (χ4n) is 2.54. The summed E-state index contributed by atoms with van der Waals surface area (Å²) in [4.78, 5) is 26.9. The number of nitrogens with zero attached hydrogens (tertiary/aromatic N) is 1. The van der Waals surface area contributed by atoms with Crippen molar-refractivity contribution in [2.45, 2.75) is 39.7 Å². The zero-order valence-corrected chi connectivity index (χ0v) is 12.8. The zero-order valence-electron chi connectivity index (χ0n) is 12.0. The Morgan fingerprint density at radius 1 is 1.45 bits per heavy atom. The summed E-state index contributed by atoms with van der Waals surface area (Å²) in [6.07, 6.45) is 1.07. The lowest BCUT2D eigenvalue weighted by atomic mass is 9.98. The van der Waals surface area contributed by atoms with Crippen LogP contribution in [0.1, 0.15) is 43.2 Å². The number of ketones is 1. The molecule has 1 amide bonds. The first-order chi connectivity index (χ1) is 9.52. The molecule has 1 aromatic rings. The highest BCUT2D eigenvalue weighted by Gasteiger charge is 2.43. The summed E-state index contributed by atoms with van der Waals surface area (Å²) < 4.78 is 0. The molecule has 2 heterocycles. The number of amides is 1. The van der Waals surface area contributed by atoms with Gasteiger partial charge in [-0.05, 0) is 30.4 Å². The molecule has 1 aliphatic heterocycles. The fourth-order valence-corrected chi connectivity index (χ4v) is 3.58. The first-order valence-corrected chi connectivity index (χ1v) is 7.72. The second kappa shape index (κ2) is 5.79. The third-order valence-electron chi connectivity index (χ3n) is 3.54. The van der Waals surface area contributed by atoms with E-state index in [1.807, 2.05) is 25.3 Å². The Labute approximate surface area is 122 Å². The van der Waals surface area contributed by atoms with Crippen molar-refractivity contribution >= 4 is 23.0 Å². The second-order valence-corrected chi connectivity index (χ2v) is 5.86. The molecule has 1 atom stereocenters. The summed E-state index contributed by atoms with van der Waals surface area (Å²) in [6.45, 7) is 6.21. The lowest BCUT2D eigenvalue weighted by Gasteiger charge is -2.25. The van der Waals surface area contributed by atoms with Gasteiger partial charge < -0.3 is 10.0 Å². The van der Waals surface area contributed by atoms with Gasteiger partial charge in [-0.15, -0.1) is 11.3 Å². The van der Waals surface area contributed by atoms with Gasteiger partial charge in [0.2, 0.25) is 0 Å². The van der Waals surface area contributed by atoms with E-state index >= 15 is 0 Å². The Hall–Kier alpha value is -1.62. The summed E-state index contributed by atoms with van der Waals surface area (Å²) in [7, 11) is 0. The van der Waals surface area contributed by atoms with Gasteiger partial charge in [-0.25, -0.2) is 0 Å². The van der Waals surface area contributed by atoms with Crippen LogP contribution in [0, 0.1) is 6.92 Å². The van der Waals surface area contributed by atoms with Gasteiger partial charge in [0.1, 0.15) is 0 Å². The average Bonchev–Trinajstić information content (AvgIpc) is 2.95. The van der Waals surface area contributed by atoms with Crippen molar-refractivity contribution < 1.29 is 14.7 Å². The van der Waals surface area contributed by atoms with Gasteiger partial charge >= 0.3 is 0 Å². The number of hydrogen-bond acceptors (Lipinski definition) is 4. The molecular weight excluding hydrogens is 274 g/mol. The Morgan fingerprint density at radius 3 is 2.65 bits per heavy atom. The number of rotatable bonds is 5. The number of aryl methyl sites for hydroxylation is 1. The van der Waals surface area contributed by atoms with Crippen molar-refractivity contribution in [2.24, 2.45) is 0 Å². The first kappa shape index (κ1) is 14.8. The maximum atomic E-state index is 12.2. The van der Waals surface area contributed by atoms with Crippen LogP contribution in [-0.2, 0) is 9.59 Å². The van der Waals surface area contributed by atoms with Gasteiger partial charge in [-0.1, -0.05) is 13.8 Å². The van der Waals surface area contributed by atoms with Crippen molar-refractivity contribution in [3.8, 4) is 0 Å². The molecule has 5 heteroatoms. The van der Waals surface area contributed by atoms with Crippen molar-refractivity contribution in [2.75, 3.05) is 6.54 Å². The van der Waals surface area contributed by atoms with Gasteiger partial charge in [0.05, 0.1) is 11.6 Å². The van der Waals surface area contributed by atoms with Crippen molar-refractivity contribution in [1.82, 2.24) is 4.90 Å². The molecule has 0 spiro atoms. The topological polar surface area (TPSA) is 57.6 Å². The second-order valence-electron chi connectivity index (χ2n) is 4.91. The quantitative estimate of drug-likeness (QED) is 0.907. The Balaban J connectivity index is 2.54. The number of aliphatic hydroxyl groups excluding tert-OH is 1. The molecule has 0 radical (unpaired) electrons. The van der Waals surface area contributed by atoms with Gasteiger partial charge in [0.15, 0.2) is 11.5 Å². The normalized spacial score (nSPS) is 19.1. The highest BCUT2D eigenvalue weighted by atomic mass is 32.1. The number of Topliss-reactive ketones (excluding diaryl/α,β-unsaturated/α-hetero) is 1. The van der Waals surface area contributed by atoms with Gasteiger partial charge in [-0.3, -0.25) is 9.59 Å². The van der Waals surface area contributed by atoms with Gasteiger partial charge in [-0.2, -0.15) is 0 Å². The molecule has 0 aliphatic carbocycles. The van der Waals surface area contributed by atoms with E-state index in [4.69, 9.17) is 0 Å². The minimum absolute atomic E-state index is 0.160. The third kappa shape index (κ3) is 2.26. The summed E-state index contributed by atoms with van der Waals surface area (Å²) in [6, 6.07) is 1.55. The van der Waals surface area contributed by atoms with Crippen LogP contribution in [0.15, 0.2) is 22.8 Å². The van der Waals surface area contributed by atoms with Crippen molar-refractivity contribution in [3.05, 3.63) is 33.2 Å². The summed E-state index contributed by atoms with van der Waals surface area (Å²) >= 11 is 1.52. The molecule has 0 saturated heterocycles. The zero-order chi connectivity index (χ0) is 14.9. The molecule has 0 saturated carbocycles. The molecule has 20 heavy (non-hydrogen) atoms. The van der Waals surface area contributed by atoms with Gasteiger partial charge in [0, 0.05) is 17.8 Å². The molecule has 108 valence electrons. The molecule has 1 aliphatic rings. The van der Waals surface area contributed by atoms with Crippen LogP contribution in [0.4, 0.5) is 0 Å². The highest BCUT2D eigenvalue weighted by Crippen LogP contribution is 2.41. The minimum Gasteiger partial charge on any atom is -0.503 e. The fraction of sp³-hybridized carbons (Fsp3) is 0.467. The Kier molecular flexibility index (Phi) is 4.28. The van der Waals surface area contributed by atoms with E-state index in [0.717, 1.165) is 16.9 Å². The number of carbonyl (C=O) groups excluding carboxylic acids is 2. The average molecular weight is 293 g/mol. The van der Waals surface area contributed by atoms with Crippen LogP contribution in [0.25, 0.3) is 0 Å². The van der Waals surface area contributed by atoms with E-state index in [1.54, 1.807) is 11.8 Å². The molecule has 2 rings (SSSR count). The number of thiophene rings is 1. The van der Waals surface area contributed by atoms with E-state index in [2.05, 4.69) is 0 Å². The van der Waals surface area contributed by atoms with E-state index in [-0.39, 0.29) is 23.5 Å². The van der Waals surface area contributed by atoms with Crippen LogP contribution in [0.5, 0.6) is 0 Å². The molecule has 0 bridgehead atoms. The van der Waals surface area contributed by atoms with Crippen LogP contribution >= 0.6 is 11.3 Å². The maximum Gasteiger partial charge on any atom is 0.290 e. The molecule has 1 unspecified atom stereocenters. The number of carbonyl (C=O) groups is 2. The summed E-state index contributed by atoms with van der Waals surface area (Å²) in [5.41, 5.74) is 1.31. The van der Waals surface area contributed by atoms with E-state index in [0.29, 0.717) is 6.54 Å². The third-order valence-corrected chi connectivity index (χ3v) is 4.61. The molecule has 1 N–H and O–H groups in total. The van der Waals surface area contributed by atoms with E-state index in [1.165, 1.54) is 11.3 Å². The predicted molar refractivity (Wildman–Crippen MR) is 78.8 cm³/mol. The molecular formula is C15H19NO3S. The Bertz CT molecular complexity index is 573. The minimum atomic E-state index is -0.429. The van der Waals surface area contributed by atoms with Crippen LogP contribution in [-0.4, -0.2) is 28.2 Å². The van der Waals surface area contributed by atoms with Crippen LogP contribution < -0.4 is 0 Å². The van der Waals surface area contributed by atoms with E-state index in [9.17, 15) is 14.7 Å².